The van der Waals surface area contributed by atoms with E-state index >= 15 is 0 Å². The van der Waals surface area contributed by atoms with E-state index in [0.29, 0.717) is 16.3 Å². The van der Waals surface area contributed by atoms with Gasteiger partial charge in [-0.1, -0.05) is 80.9 Å². The van der Waals surface area contributed by atoms with Crippen molar-refractivity contribution in [2.75, 3.05) is 20.2 Å². The number of nitrogens with one attached hydrogen (secondary N) is 3. The minimum Gasteiger partial charge on any atom is -0.495 e. The maximum absolute atomic E-state index is 13.7. The minimum absolute atomic E-state index is 0.0214. The average Bonchev–Trinajstić information content (AvgIpc) is 3.18. The van der Waals surface area contributed by atoms with Crippen molar-refractivity contribution in [3.63, 3.8) is 0 Å². The molecule has 0 fully saturated rings. The van der Waals surface area contributed by atoms with Crippen molar-refractivity contribution in [1.82, 2.24) is 16.0 Å². The summed E-state index contributed by atoms with van der Waals surface area (Å²) in [5.41, 5.74) is -0.678. The van der Waals surface area contributed by atoms with Gasteiger partial charge in [0.25, 0.3) is 0 Å². The standard InChI is InChI=1S/C47H64ClN3O11/c1-29(2)23-38-41(54)60-36(30(3)15-16-31-17-19-32(20-18-31)26-59-42(55)46(7,8)28-50-44(57)62-45(4,5)6)13-12-14-39(52)51-35(25-33-21-22-37(58-11)34(48)24-33)40(53)49-27-47(9,10)43(56)61-38/h12,14-22,24,29-30,35-36,38H,13,23,25-28H2,1-11H3,(H,49,53)(H,50,57)(H,51,52)/b14-12+,16-15+/t30-,35+,36+,38+/m1/s1. The van der Waals surface area contributed by atoms with E-state index in [0.717, 1.165) is 11.1 Å². The lowest BCUT2D eigenvalue weighted by Crippen LogP contribution is -2.51. The molecule has 1 aliphatic heterocycles. The third-order valence-electron chi connectivity index (χ3n) is 9.80. The summed E-state index contributed by atoms with van der Waals surface area (Å²) < 4.78 is 27.9. The summed E-state index contributed by atoms with van der Waals surface area (Å²) in [6.07, 6.45) is 4.41. The van der Waals surface area contributed by atoms with Crippen LogP contribution in [-0.2, 0) is 55.9 Å². The molecular formula is C47H64ClN3O11. The predicted octanol–water partition coefficient (Wildman–Crippen LogP) is 7.29. The molecule has 0 spiro atoms. The summed E-state index contributed by atoms with van der Waals surface area (Å²) in [7, 11) is 1.49. The van der Waals surface area contributed by atoms with Gasteiger partial charge >= 0.3 is 24.0 Å². The molecule has 2 aromatic rings. The topological polar surface area (TPSA) is 185 Å². The van der Waals surface area contributed by atoms with Gasteiger partial charge in [0.2, 0.25) is 11.8 Å². The molecule has 3 rings (SSSR count). The van der Waals surface area contributed by atoms with E-state index in [1.807, 2.05) is 57.2 Å². The molecule has 3 N–H and O–H groups in total. The van der Waals surface area contributed by atoms with Crippen molar-refractivity contribution >= 4 is 53.5 Å². The van der Waals surface area contributed by atoms with E-state index in [1.165, 1.54) is 13.2 Å². The van der Waals surface area contributed by atoms with E-state index in [-0.39, 0.29) is 50.8 Å². The van der Waals surface area contributed by atoms with Crippen LogP contribution in [-0.4, -0.2) is 79.9 Å². The number of alkyl carbamates (subject to hydrolysis) is 1. The maximum Gasteiger partial charge on any atom is 0.407 e. The van der Waals surface area contributed by atoms with E-state index in [1.54, 1.807) is 72.7 Å². The fourth-order valence-corrected chi connectivity index (χ4v) is 6.23. The number of ether oxygens (including phenoxy) is 5. The monoisotopic (exact) mass is 881 g/mol. The van der Waals surface area contributed by atoms with Gasteiger partial charge in [0.05, 0.1) is 23.0 Å². The van der Waals surface area contributed by atoms with Gasteiger partial charge in [0, 0.05) is 31.8 Å². The number of benzene rings is 2. The number of esters is 3. The number of hydrogen-bond donors (Lipinski definition) is 3. The summed E-state index contributed by atoms with van der Waals surface area (Å²) in [6, 6.07) is 11.4. The van der Waals surface area contributed by atoms with Gasteiger partial charge in [-0.3, -0.25) is 19.2 Å². The van der Waals surface area contributed by atoms with Crippen LogP contribution in [0, 0.1) is 22.7 Å². The number of halogens is 1. The Morgan fingerprint density at radius 3 is 2.26 bits per heavy atom. The largest absolute Gasteiger partial charge is 0.495 e. The van der Waals surface area contributed by atoms with E-state index in [9.17, 15) is 28.8 Å². The summed E-state index contributed by atoms with van der Waals surface area (Å²) in [6.45, 7) is 17.4. The molecule has 14 nitrogen and oxygen atoms in total. The first-order chi connectivity index (χ1) is 28.9. The van der Waals surface area contributed by atoms with Crippen molar-refractivity contribution in [2.24, 2.45) is 22.7 Å². The number of rotatable bonds is 13. The second-order valence-electron chi connectivity index (χ2n) is 18.2. The predicted molar refractivity (Wildman–Crippen MR) is 236 cm³/mol. The van der Waals surface area contributed by atoms with Crippen molar-refractivity contribution in [1.29, 1.82) is 0 Å². The van der Waals surface area contributed by atoms with Crippen molar-refractivity contribution in [3.05, 3.63) is 82.4 Å². The number of hydrogen-bond acceptors (Lipinski definition) is 11. The average molecular weight is 882 g/mol. The van der Waals surface area contributed by atoms with Crippen molar-refractivity contribution < 1.29 is 52.5 Å². The molecule has 0 aliphatic carbocycles. The number of carbonyl (C=O) groups excluding carboxylic acids is 6. The molecule has 0 radical (unpaired) electrons. The highest BCUT2D eigenvalue weighted by atomic mass is 35.5. The number of carbonyl (C=O) groups is 6. The molecule has 3 amide bonds. The van der Waals surface area contributed by atoms with Crippen molar-refractivity contribution in [3.8, 4) is 5.75 Å². The Morgan fingerprint density at radius 1 is 0.984 bits per heavy atom. The van der Waals surface area contributed by atoms with Gasteiger partial charge in [-0.2, -0.15) is 0 Å². The van der Waals surface area contributed by atoms with Gasteiger partial charge in [-0.25, -0.2) is 9.59 Å². The molecule has 0 bridgehead atoms. The minimum atomic E-state index is -1.25. The molecule has 62 heavy (non-hydrogen) atoms. The molecular weight excluding hydrogens is 818 g/mol. The number of cyclic esters (lactones) is 2. The molecule has 1 aliphatic rings. The maximum atomic E-state index is 13.7. The summed E-state index contributed by atoms with van der Waals surface area (Å²) in [4.78, 5) is 79.1. The zero-order chi connectivity index (χ0) is 46.4. The lowest BCUT2D eigenvalue weighted by molar-refractivity contribution is -0.178. The molecule has 1 heterocycles. The Hall–Kier alpha value is -5.37. The van der Waals surface area contributed by atoms with Crippen LogP contribution in [0.25, 0.3) is 6.08 Å². The second-order valence-corrected chi connectivity index (χ2v) is 18.7. The first-order valence-corrected chi connectivity index (χ1v) is 21.2. The Kier molecular flexibility index (Phi) is 18.6. The van der Waals surface area contributed by atoms with Crippen LogP contribution in [0.1, 0.15) is 98.8 Å². The second kappa shape index (κ2) is 22.6. The van der Waals surface area contributed by atoms with Gasteiger partial charge < -0.3 is 39.6 Å². The SMILES string of the molecule is COc1ccc(C[C@@H]2NC(=O)/C=C/C[C@@H]([C@H](C)/C=C/c3ccc(COC(=O)C(C)(C)CNC(=O)OC(C)(C)C)cc3)OC(=O)[C@H](CC(C)C)OC(=O)C(C)(C)CNC2=O)cc1Cl. The smallest absolute Gasteiger partial charge is 0.407 e. The Bertz CT molecular complexity index is 1950. The third kappa shape index (κ3) is 16.8. The fraction of sp³-hybridized carbons (Fsp3) is 0.532. The van der Waals surface area contributed by atoms with Gasteiger partial charge in [-0.05, 0) is 95.7 Å². The number of amides is 3. The molecule has 0 aromatic heterocycles. The van der Waals surface area contributed by atoms with Gasteiger partial charge in [-0.15, -0.1) is 0 Å². The first kappa shape index (κ1) is 51.0. The highest BCUT2D eigenvalue weighted by molar-refractivity contribution is 6.32. The highest BCUT2D eigenvalue weighted by Crippen LogP contribution is 2.27. The first-order valence-electron chi connectivity index (χ1n) is 20.8. The molecule has 0 unspecified atom stereocenters. The van der Waals surface area contributed by atoms with Crippen LogP contribution >= 0.6 is 11.6 Å². The van der Waals surface area contributed by atoms with Crippen LogP contribution in [0.4, 0.5) is 4.79 Å². The van der Waals surface area contributed by atoms with Crippen LogP contribution in [0.15, 0.2) is 60.7 Å². The molecule has 0 saturated heterocycles. The summed E-state index contributed by atoms with van der Waals surface area (Å²) in [5.74, 6) is -2.92. The zero-order valence-electron chi connectivity index (χ0n) is 37.8. The highest BCUT2D eigenvalue weighted by Gasteiger charge is 2.37. The molecule has 0 saturated carbocycles. The van der Waals surface area contributed by atoms with E-state index < -0.39 is 70.5 Å². The quantitative estimate of drug-likeness (QED) is 0.136. The fourth-order valence-electron chi connectivity index (χ4n) is 5.95. The Labute approximate surface area is 370 Å². The van der Waals surface area contributed by atoms with Crippen LogP contribution in [0.5, 0.6) is 5.75 Å². The summed E-state index contributed by atoms with van der Waals surface area (Å²) >= 11 is 6.35. The molecule has 15 heteroatoms. The normalized spacial score (nSPS) is 20.3. The van der Waals surface area contributed by atoms with Crippen LogP contribution in [0.3, 0.4) is 0 Å². The Balaban J connectivity index is 1.79. The summed E-state index contributed by atoms with van der Waals surface area (Å²) in [5, 5.41) is 8.48. The lowest BCUT2D eigenvalue weighted by Gasteiger charge is -2.29. The Morgan fingerprint density at radius 2 is 1.65 bits per heavy atom. The molecule has 340 valence electrons. The zero-order valence-corrected chi connectivity index (χ0v) is 38.6. The lowest BCUT2D eigenvalue weighted by atomic mass is 9.93. The van der Waals surface area contributed by atoms with E-state index in [4.69, 9.17) is 35.3 Å². The van der Waals surface area contributed by atoms with Crippen LogP contribution in [0.2, 0.25) is 5.02 Å². The van der Waals surface area contributed by atoms with Crippen molar-refractivity contribution in [2.45, 2.75) is 119 Å². The van der Waals surface area contributed by atoms with Gasteiger partial charge in [0.1, 0.15) is 30.1 Å². The molecule has 4 atom stereocenters. The van der Waals surface area contributed by atoms with E-state index in [2.05, 4.69) is 16.0 Å². The van der Waals surface area contributed by atoms with Crippen LogP contribution < -0.4 is 20.7 Å². The molecule has 2 aromatic carbocycles. The third-order valence-corrected chi connectivity index (χ3v) is 10.1. The number of methoxy groups -OCH3 is 1. The van der Waals surface area contributed by atoms with Gasteiger partial charge in [0.15, 0.2) is 6.10 Å².